The van der Waals surface area contributed by atoms with E-state index >= 15 is 0 Å². The minimum absolute atomic E-state index is 0.325. The fourth-order valence-electron chi connectivity index (χ4n) is 2.44. The molecule has 3 rings (SSSR count). The van der Waals surface area contributed by atoms with Crippen LogP contribution in [-0.4, -0.2) is 12.6 Å². The molecule has 0 aliphatic carbocycles. The van der Waals surface area contributed by atoms with Crippen LogP contribution in [-0.2, 0) is 10.3 Å². The number of halogens is 1. The summed E-state index contributed by atoms with van der Waals surface area (Å²) in [6, 6.07) is 6.22. The van der Waals surface area contributed by atoms with Gasteiger partial charge in [-0.2, -0.15) is 0 Å². The van der Waals surface area contributed by atoms with E-state index in [9.17, 15) is 9.18 Å². The van der Waals surface area contributed by atoms with Gasteiger partial charge in [0.25, 0.3) is 0 Å². The average molecular weight is 306 g/mol. The number of carbonyl (C=O) groups excluding carboxylic acids is 1. The van der Waals surface area contributed by atoms with Gasteiger partial charge in [-0.3, -0.25) is 0 Å². The van der Waals surface area contributed by atoms with Crippen LogP contribution in [0.4, 0.5) is 4.39 Å². The number of rotatable bonds is 2. The van der Waals surface area contributed by atoms with Gasteiger partial charge < -0.3 is 9.47 Å². The third-order valence-electron chi connectivity index (χ3n) is 3.41. The third-order valence-corrected chi connectivity index (χ3v) is 4.56. The number of esters is 1. The van der Waals surface area contributed by atoms with E-state index in [4.69, 9.17) is 9.47 Å². The van der Waals surface area contributed by atoms with E-state index in [1.54, 1.807) is 19.1 Å². The van der Waals surface area contributed by atoms with E-state index < -0.39 is 5.60 Å². The van der Waals surface area contributed by atoms with Gasteiger partial charge in [-0.05, 0) is 45.0 Å². The second kappa shape index (κ2) is 4.84. The summed E-state index contributed by atoms with van der Waals surface area (Å²) in [5.41, 5.74) is 1.00. The van der Waals surface area contributed by atoms with Crippen LogP contribution in [0.2, 0.25) is 0 Å². The van der Waals surface area contributed by atoms with Crippen molar-refractivity contribution >= 4 is 17.3 Å². The summed E-state index contributed by atoms with van der Waals surface area (Å²) >= 11 is 1.32. The van der Waals surface area contributed by atoms with Crippen LogP contribution in [0.1, 0.15) is 36.0 Å². The minimum atomic E-state index is -0.568. The van der Waals surface area contributed by atoms with Crippen molar-refractivity contribution < 1.29 is 18.7 Å². The zero-order valence-electron chi connectivity index (χ0n) is 12.0. The molecule has 0 spiro atoms. The maximum absolute atomic E-state index is 13.5. The Morgan fingerprint density at radius 1 is 1.38 bits per heavy atom. The average Bonchev–Trinajstić information content (AvgIpc) is 2.86. The van der Waals surface area contributed by atoms with Gasteiger partial charge in [0.1, 0.15) is 22.0 Å². The van der Waals surface area contributed by atoms with Crippen molar-refractivity contribution in [1.82, 2.24) is 0 Å². The topological polar surface area (TPSA) is 35.5 Å². The van der Waals surface area contributed by atoms with Crippen molar-refractivity contribution in [3.63, 3.8) is 0 Å². The lowest BCUT2D eigenvalue weighted by Gasteiger charge is -2.32. The van der Waals surface area contributed by atoms with Crippen LogP contribution in [0.5, 0.6) is 5.75 Å². The van der Waals surface area contributed by atoms with Crippen LogP contribution in [0.3, 0.4) is 0 Å². The molecule has 3 nitrogen and oxygen atoms in total. The Hall–Kier alpha value is -1.88. The Balaban J connectivity index is 2.17. The molecule has 5 heteroatoms. The molecule has 0 amide bonds. The zero-order valence-corrected chi connectivity index (χ0v) is 12.8. The van der Waals surface area contributed by atoms with Crippen molar-refractivity contribution in [1.29, 1.82) is 0 Å². The van der Waals surface area contributed by atoms with Crippen molar-refractivity contribution in [2.75, 3.05) is 6.61 Å². The van der Waals surface area contributed by atoms with Gasteiger partial charge in [-0.15, -0.1) is 11.3 Å². The molecule has 0 bridgehead atoms. The van der Waals surface area contributed by atoms with Crippen molar-refractivity contribution in [2.45, 2.75) is 26.4 Å². The van der Waals surface area contributed by atoms with Crippen LogP contribution < -0.4 is 4.74 Å². The van der Waals surface area contributed by atoms with E-state index in [0.29, 0.717) is 22.8 Å². The molecule has 0 unspecified atom stereocenters. The van der Waals surface area contributed by atoms with Gasteiger partial charge >= 0.3 is 5.97 Å². The standard InChI is InChI=1S/C16H15FO3S/c1-4-19-15(18)13-8-11-14(21-13)10-7-9(17)5-6-12(10)20-16(11,2)3/h5-8H,4H2,1-3H3. The first-order chi connectivity index (χ1) is 9.92. The molecule has 0 radical (unpaired) electrons. The van der Waals surface area contributed by atoms with Gasteiger partial charge in [-0.25, -0.2) is 9.18 Å². The highest BCUT2D eigenvalue weighted by atomic mass is 32.1. The molecule has 0 N–H and O–H groups in total. The highest BCUT2D eigenvalue weighted by Crippen LogP contribution is 2.49. The predicted octanol–water partition coefficient (Wildman–Crippen LogP) is 4.36. The highest BCUT2D eigenvalue weighted by molar-refractivity contribution is 7.17. The molecule has 0 fully saturated rings. The molecular formula is C16H15FO3S. The van der Waals surface area contributed by atoms with Crippen molar-refractivity contribution in [3.05, 3.63) is 40.5 Å². The van der Waals surface area contributed by atoms with Crippen LogP contribution in [0.25, 0.3) is 10.4 Å². The SMILES string of the molecule is CCOC(=O)c1cc2c(s1)-c1cc(F)ccc1OC2(C)C. The van der Waals surface area contributed by atoms with Crippen LogP contribution >= 0.6 is 11.3 Å². The lowest BCUT2D eigenvalue weighted by Crippen LogP contribution is -2.28. The number of hydrogen-bond donors (Lipinski definition) is 0. The second-order valence-electron chi connectivity index (χ2n) is 5.33. The summed E-state index contributed by atoms with van der Waals surface area (Å²) < 4.78 is 24.5. The molecule has 2 aromatic rings. The van der Waals surface area contributed by atoms with Crippen LogP contribution in [0.15, 0.2) is 24.3 Å². The number of fused-ring (bicyclic) bond motifs is 3. The molecule has 21 heavy (non-hydrogen) atoms. The molecular weight excluding hydrogens is 291 g/mol. The monoisotopic (exact) mass is 306 g/mol. The summed E-state index contributed by atoms with van der Waals surface area (Å²) in [5, 5.41) is 0. The maximum Gasteiger partial charge on any atom is 0.348 e. The molecule has 0 saturated carbocycles. The summed E-state index contributed by atoms with van der Waals surface area (Å²) in [6.45, 7) is 5.95. The Bertz CT molecular complexity index is 718. The Morgan fingerprint density at radius 2 is 2.14 bits per heavy atom. The largest absolute Gasteiger partial charge is 0.482 e. The molecule has 0 atom stereocenters. The molecule has 0 saturated heterocycles. The Labute approximate surface area is 126 Å². The Kier molecular flexibility index (Phi) is 3.24. The third kappa shape index (κ3) is 2.31. The van der Waals surface area contributed by atoms with Crippen molar-refractivity contribution in [3.8, 4) is 16.2 Å². The first-order valence-corrected chi connectivity index (χ1v) is 7.54. The summed E-state index contributed by atoms with van der Waals surface area (Å²) in [7, 11) is 0. The fourth-order valence-corrected chi connectivity index (χ4v) is 3.66. The van der Waals surface area contributed by atoms with E-state index in [2.05, 4.69) is 0 Å². The molecule has 1 aromatic heterocycles. The molecule has 1 aliphatic rings. The van der Waals surface area contributed by atoms with Gasteiger partial charge in [0.15, 0.2) is 0 Å². The molecule has 1 aromatic carbocycles. The second-order valence-corrected chi connectivity index (χ2v) is 6.38. The van der Waals surface area contributed by atoms with Crippen LogP contribution in [0, 0.1) is 5.82 Å². The maximum atomic E-state index is 13.5. The minimum Gasteiger partial charge on any atom is -0.482 e. The molecule has 1 aliphatic heterocycles. The van der Waals surface area contributed by atoms with E-state index in [1.165, 1.54) is 23.5 Å². The summed E-state index contributed by atoms with van der Waals surface area (Å²) in [5.74, 6) is -0.0501. The number of ether oxygens (including phenoxy) is 2. The van der Waals surface area contributed by atoms with Gasteiger partial charge in [0, 0.05) is 16.0 Å². The van der Waals surface area contributed by atoms with Gasteiger partial charge in [-0.1, -0.05) is 0 Å². The number of thiophene rings is 1. The van der Waals surface area contributed by atoms with Gasteiger partial charge in [0.05, 0.1) is 6.61 Å². The van der Waals surface area contributed by atoms with E-state index in [-0.39, 0.29) is 11.8 Å². The predicted molar refractivity (Wildman–Crippen MR) is 79.3 cm³/mol. The lowest BCUT2D eigenvalue weighted by atomic mass is 9.92. The first-order valence-electron chi connectivity index (χ1n) is 6.72. The van der Waals surface area contributed by atoms with Crippen molar-refractivity contribution in [2.24, 2.45) is 0 Å². The number of hydrogen-bond acceptors (Lipinski definition) is 4. The fraction of sp³-hybridized carbons (Fsp3) is 0.312. The smallest absolute Gasteiger partial charge is 0.348 e. The lowest BCUT2D eigenvalue weighted by molar-refractivity contribution is 0.0531. The number of carbonyl (C=O) groups is 1. The zero-order chi connectivity index (χ0) is 15.2. The quantitative estimate of drug-likeness (QED) is 0.773. The summed E-state index contributed by atoms with van der Waals surface area (Å²) in [6.07, 6.45) is 0. The first kappa shape index (κ1) is 14.1. The summed E-state index contributed by atoms with van der Waals surface area (Å²) in [4.78, 5) is 13.3. The van der Waals surface area contributed by atoms with E-state index in [1.807, 2.05) is 13.8 Å². The molecule has 2 heterocycles. The van der Waals surface area contributed by atoms with Gasteiger partial charge in [0.2, 0.25) is 0 Å². The van der Waals surface area contributed by atoms with E-state index in [0.717, 1.165) is 10.4 Å². The Morgan fingerprint density at radius 3 is 2.86 bits per heavy atom. The normalized spacial score (nSPS) is 14.9. The number of benzene rings is 1. The highest BCUT2D eigenvalue weighted by Gasteiger charge is 2.35. The molecule has 110 valence electrons.